The van der Waals surface area contributed by atoms with Crippen LogP contribution in [0.15, 0.2) is 53.7 Å². The van der Waals surface area contributed by atoms with Gasteiger partial charge in [0.15, 0.2) is 5.78 Å². The van der Waals surface area contributed by atoms with E-state index in [2.05, 4.69) is 29.4 Å². The number of nitrogens with zero attached hydrogens (tertiary/aromatic N) is 5. The Bertz CT molecular complexity index is 1760. The molecule has 5 aliphatic rings. The van der Waals surface area contributed by atoms with E-state index in [9.17, 15) is 15.0 Å². The van der Waals surface area contributed by atoms with E-state index in [0.717, 1.165) is 66.7 Å². The Balaban J connectivity index is 1.29. The molecule has 1 aromatic carbocycles. The fourth-order valence-electron chi connectivity index (χ4n) is 7.60. The summed E-state index contributed by atoms with van der Waals surface area (Å²) in [5.41, 5.74) is 5.07. The van der Waals surface area contributed by atoms with Crippen LogP contribution >= 0.6 is 0 Å². The summed E-state index contributed by atoms with van der Waals surface area (Å²) in [6.07, 6.45) is 10.5. The Morgan fingerprint density at radius 2 is 1.84 bits per heavy atom. The minimum Gasteiger partial charge on any atom is -0.497 e. The molecule has 45 heavy (non-hydrogen) atoms. The van der Waals surface area contributed by atoms with E-state index in [0.29, 0.717) is 23.6 Å². The summed E-state index contributed by atoms with van der Waals surface area (Å²) in [4.78, 5) is 42.9. The van der Waals surface area contributed by atoms with Crippen LogP contribution in [0.25, 0.3) is 16.8 Å². The number of piperidine rings is 1. The molecule has 232 valence electrons. The molecule has 2 saturated heterocycles. The molecule has 0 spiro atoms. The number of amides is 1. The number of carbonyl (C=O) groups is 2. The monoisotopic (exact) mass is 605 g/mol. The summed E-state index contributed by atoms with van der Waals surface area (Å²) in [7, 11) is 1.65. The van der Waals surface area contributed by atoms with Crippen LogP contribution in [0.3, 0.4) is 0 Å². The van der Waals surface area contributed by atoms with E-state index < -0.39 is 6.17 Å². The van der Waals surface area contributed by atoms with Crippen LogP contribution in [0.1, 0.15) is 91.8 Å². The second-order valence-corrected chi connectivity index (χ2v) is 12.7. The van der Waals surface area contributed by atoms with E-state index in [1.54, 1.807) is 20.4 Å². The lowest BCUT2D eigenvalue weighted by Gasteiger charge is -2.43. The predicted molar refractivity (Wildman–Crippen MR) is 171 cm³/mol. The van der Waals surface area contributed by atoms with Gasteiger partial charge in [-0.1, -0.05) is 18.6 Å². The van der Waals surface area contributed by atoms with Crippen LogP contribution in [-0.4, -0.2) is 63.3 Å². The maximum atomic E-state index is 13.3. The van der Waals surface area contributed by atoms with E-state index in [1.807, 2.05) is 46.0 Å². The topological polar surface area (TPSA) is 126 Å². The molecule has 3 fully saturated rings. The highest BCUT2D eigenvalue weighted by Crippen LogP contribution is 2.44. The van der Waals surface area contributed by atoms with Crippen LogP contribution in [0.2, 0.25) is 0 Å². The maximum Gasteiger partial charge on any atom is 0.268 e. The third-order valence-electron chi connectivity index (χ3n) is 10.0. The first kappa shape index (κ1) is 29.1. The first-order chi connectivity index (χ1) is 21.8. The highest BCUT2D eigenvalue weighted by molar-refractivity contribution is 5.95. The van der Waals surface area contributed by atoms with E-state index in [-0.39, 0.29) is 41.1 Å². The number of fused-ring (bicyclic) bond motifs is 5. The minimum atomic E-state index is -0.489. The lowest BCUT2D eigenvalue weighted by atomic mass is 9.78. The quantitative estimate of drug-likeness (QED) is 0.387. The van der Waals surface area contributed by atoms with E-state index in [1.165, 1.54) is 0 Å². The van der Waals surface area contributed by atoms with E-state index in [4.69, 9.17) is 14.7 Å². The van der Waals surface area contributed by atoms with Crippen molar-refractivity contribution in [3.8, 4) is 17.0 Å². The number of hydrogen-bond donors (Lipinski definition) is 2. The number of benzene rings is 1. The van der Waals surface area contributed by atoms with Crippen molar-refractivity contribution in [1.29, 1.82) is 5.41 Å². The Labute approximate surface area is 262 Å². The molecule has 5 atom stereocenters. The number of aromatic nitrogens is 3. The Hall–Kier alpha value is -4.60. The summed E-state index contributed by atoms with van der Waals surface area (Å²) in [5, 5.41) is 12.4. The van der Waals surface area contributed by atoms with Gasteiger partial charge in [-0.25, -0.2) is 9.98 Å². The number of aliphatic imine (C=N–C) groups is 1. The van der Waals surface area contributed by atoms with Crippen molar-refractivity contribution in [2.24, 2.45) is 10.9 Å². The van der Waals surface area contributed by atoms with Crippen molar-refractivity contribution in [1.82, 2.24) is 24.8 Å². The van der Waals surface area contributed by atoms with Crippen molar-refractivity contribution in [2.75, 3.05) is 13.7 Å². The lowest BCUT2D eigenvalue weighted by molar-refractivity contribution is -0.138. The van der Waals surface area contributed by atoms with Crippen molar-refractivity contribution >= 4 is 23.6 Å². The molecule has 10 heteroatoms. The molecular formula is C35H39N7O3. The predicted octanol–water partition coefficient (Wildman–Crippen LogP) is 4.86. The number of methoxy groups -OCH3 is 1. The summed E-state index contributed by atoms with van der Waals surface area (Å²) in [6.45, 7) is 4.27. The molecule has 3 aromatic rings. The fourth-order valence-corrected chi connectivity index (χ4v) is 7.60. The standard InChI is InChI=1S/C35H39N7O3/c1-20-6-4-9-27(23-12-15-29(37-17-23)22-10-13-26(45-3)14-11-22)34-40-31(30(21(2)43)32(36)42(20)34)28-16-25-8-5-7-24(28)18-41(25)35(44)33-38-19-39-33/h9-15,17,19-20,24-25,28,33,36H,4-8,16,18H2,1-3H3,(H,38,39). The van der Waals surface area contributed by atoms with Gasteiger partial charge < -0.3 is 19.5 Å². The van der Waals surface area contributed by atoms with Gasteiger partial charge in [-0.15, -0.1) is 0 Å². The lowest BCUT2D eigenvalue weighted by Crippen LogP contribution is -2.56. The zero-order valence-electron chi connectivity index (χ0n) is 26.0. The molecular weight excluding hydrogens is 566 g/mol. The molecule has 1 amide bonds. The second kappa shape index (κ2) is 11.7. The number of hydrogen-bond acceptors (Lipinski definition) is 8. The van der Waals surface area contributed by atoms with Gasteiger partial charge >= 0.3 is 0 Å². The van der Waals surface area contributed by atoms with Gasteiger partial charge in [0, 0.05) is 47.4 Å². The average Bonchev–Trinajstić information content (AvgIpc) is 3.43. The van der Waals surface area contributed by atoms with Crippen LogP contribution in [-0.2, 0) is 4.79 Å². The van der Waals surface area contributed by atoms with Gasteiger partial charge in [0.2, 0.25) is 6.17 Å². The summed E-state index contributed by atoms with van der Waals surface area (Å²) in [6, 6.07) is 12.0. The van der Waals surface area contributed by atoms with Crippen molar-refractivity contribution in [3.63, 3.8) is 0 Å². The fraction of sp³-hybridized carbons (Fsp3) is 0.429. The molecule has 1 aliphatic carbocycles. The minimum absolute atomic E-state index is 0.00154. The molecule has 5 unspecified atom stereocenters. The molecule has 0 radical (unpaired) electrons. The largest absolute Gasteiger partial charge is 0.497 e. The van der Waals surface area contributed by atoms with Crippen LogP contribution in [0.5, 0.6) is 5.75 Å². The van der Waals surface area contributed by atoms with Gasteiger partial charge in [-0.3, -0.25) is 20.0 Å². The average molecular weight is 606 g/mol. The van der Waals surface area contributed by atoms with Gasteiger partial charge in [0.05, 0.1) is 30.4 Å². The Morgan fingerprint density at radius 3 is 2.51 bits per heavy atom. The van der Waals surface area contributed by atoms with Crippen LogP contribution in [0, 0.1) is 11.3 Å². The third-order valence-corrected chi connectivity index (χ3v) is 10.0. The van der Waals surface area contributed by atoms with Crippen molar-refractivity contribution in [3.05, 3.63) is 76.8 Å². The first-order valence-corrected chi connectivity index (χ1v) is 16.0. The highest BCUT2D eigenvalue weighted by Gasteiger charge is 2.44. The first-order valence-electron chi connectivity index (χ1n) is 16.0. The SMILES string of the molecule is COc1ccc(-c2ccc(C3=CCCC(C)n4c3nc(C3CC5CCCC3CN5C(=O)C3N=CN3)c(C(C)=O)c4=N)cn2)cc1. The summed E-state index contributed by atoms with van der Waals surface area (Å²) < 4.78 is 7.25. The number of allylic oxidation sites excluding steroid dienone is 1. The molecule has 2 N–H and O–H groups in total. The molecule has 2 aromatic heterocycles. The van der Waals surface area contributed by atoms with Gasteiger partial charge in [-0.2, -0.15) is 0 Å². The number of nitrogens with one attached hydrogen (secondary N) is 2. The van der Waals surface area contributed by atoms with Crippen LogP contribution < -0.4 is 15.5 Å². The smallest absolute Gasteiger partial charge is 0.268 e. The van der Waals surface area contributed by atoms with Gasteiger partial charge in [0.1, 0.15) is 17.1 Å². The number of Topliss-reactive ketones (excluding diaryl/α,β-unsaturated/α-hetero) is 1. The third kappa shape index (κ3) is 5.15. The van der Waals surface area contributed by atoms with Crippen molar-refractivity contribution in [2.45, 2.75) is 76.5 Å². The second-order valence-electron chi connectivity index (χ2n) is 12.7. The zero-order valence-corrected chi connectivity index (χ0v) is 26.0. The van der Waals surface area contributed by atoms with Gasteiger partial charge in [0.25, 0.3) is 5.91 Å². The maximum absolute atomic E-state index is 13.3. The number of carbonyl (C=O) groups excluding carboxylic acids is 2. The Morgan fingerprint density at radius 1 is 1.07 bits per heavy atom. The Kier molecular flexibility index (Phi) is 7.59. The molecule has 10 nitrogen and oxygen atoms in total. The van der Waals surface area contributed by atoms with Crippen LogP contribution in [0.4, 0.5) is 0 Å². The zero-order chi connectivity index (χ0) is 31.2. The number of pyridine rings is 1. The normalized spacial score (nSPS) is 25.3. The number of ketones is 1. The van der Waals surface area contributed by atoms with Gasteiger partial charge in [-0.05, 0) is 82.2 Å². The number of ether oxygens (including phenoxy) is 1. The number of rotatable bonds is 6. The highest BCUT2D eigenvalue weighted by atomic mass is 16.5. The van der Waals surface area contributed by atoms with E-state index >= 15 is 0 Å². The molecule has 4 aliphatic heterocycles. The summed E-state index contributed by atoms with van der Waals surface area (Å²) >= 11 is 0. The summed E-state index contributed by atoms with van der Waals surface area (Å²) in [5.74, 6) is 1.55. The molecule has 2 bridgehead atoms. The molecule has 6 heterocycles. The molecule has 1 saturated carbocycles. The molecule has 8 rings (SSSR count). The van der Waals surface area contributed by atoms with Crippen molar-refractivity contribution < 1.29 is 14.3 Å².